The number of carbonyl (C=O) groups excluding carboxylic acids is 2. The molecule has 0 aliphatic carbocycles. The summed E-state index contributed by atoms with van der Waals surface area (Å²) in [6, 6.07) is 15.3. The predicted octanol–water partition coefficient (Wildman–Crippen LogP) is 4.27. The molecule has 0 atom stereocenters. The van der Waals surface area contributed by atoms with Crippen LogP contribution in [0.1, 0.15) is 25.0 Å². The van der Waals surface area contributed by atoms with E-state index in [0.717, 1.165) is 11.1 Å². The minimum atomic E-state index is -0.484. The second-order valence-electron chi connectivity index (χ2n) is 7.71. The van der Waals surface area contributed by atoms with Gasteiger partial charge in [0.25, 0.3) is 0 Å². The van der Waals surface area contributed by atoms with Crippen molar-refractivity contribution in [2.75, 3.05) is 27.4 Å². The molecular formula is C27H31NO6. The van der Waals surface area contributed by atoms with Gasteiger partial charge in [0.2, 0.25) is 0 Å². The summed E-state index contributed by atoms with van der Waals surface area (Å²) in [5, 5.41) is 0. The topological polar surface area (TPSA) is 74.3 Å². The van der Waals surface area contributed by atoms with Crippen LogP contribution < -0.4 is 9.47 Å². The average Bonchev–Trinajstić information content (AvgIpc) is 2.85. The van der Waals surface area contributed by atoms with Gasteiger partial charge in [-0.25, -0.2) is 9.59 Å². The molecule has 0 fully saturated rings. The summed E-state index contributed by atoms with van der Waals surface area (Å²) >= 11 is 0. The molecule has 1 aliphatic rings. The summed E-state index contributed by atoms with van der Waals surface area (Å²) in [6.07, 6.45) is 3.98. The summed E-state index contributed by atoms with van der Waals surface area (Å²) in [5.74, 6) is -0.157. The van der Waals surface area contributed by atoms with Crippen molar-refractivity contribution in [3.8, 4) is 11.5 Å². The molecule has 0 saturated heterocycles. The van der Waals surface area contributed by atoms with Crippen LogP contribution in [0.15, 0.2) is 72.1 Å². The fourth-order valence-corrected chi connectivity index (χ4v) is 3.91. The first-order valence-corrected chi connectivity index (χ1v) is 11.3. The smallest absolute Gasteiger partial charge is 0.336 e. The quantitative estimate of drug-likeness (QED) is 0.485. The van der Waals surface area contributed by atoms with E-state index in [2.05, 4.69) is 0 Å². The second-order valence-corrected chi connectivity index (χ2v) is 7.71. The standard InChI is InChI=1S/C27H31NO6/c1-5-33-26(29)22-17-28(16-20-12-13-24(31-3)25(15-20)32-4)18-23(27(30)34-6-2)21(22)14-19-10-8-7-9-11-19/h7-13,15,17-18,21H,5-6,14,16H2,1-4H3. The molecule has 0 amide bonds. The number of hydrogen-bond donors (Lipinski definition) is 0. The molecule has 34 heavy (non-hydrogen) atoms. The summed E-state index contributed by atoms with van der Waals surface area (Å²) in [5.41, 5.74) is 2.75. The van der Waals surface area contributed by atoms with Gasteiger partial charge in [-0.1, -0.05) is 36.4 Å². The van der Waals surface area contributed by atoms with Gasteiger partial charge in [-0.2, -0.15) is 0 Å². The number of hydrogen-bond acceptors (Lipinski definition) is 7. The zero-order valence-electron chi connectivity index (χ0n) is 20.1. The lowest BCUT2D eigenvalue weighted by Gasteiger charge is -2.30. The Balaban J connectivity index is 2.00. The lowest BCUT2D eigenvalue weighted by atomic mass is 9.84. The molecule has 3 rings (SSSR count). The molecule has 0 spiro atoms. The number of nitrogens with zero attached hydrogens (tertiary/aromatic N) is 1. The van der Waals surface area contributed by atoms with Gasteiger partial charge in [-0.3, -0.25) is 0 Å². The minimum absolute atomic E-state index is 0.238. The Labute approximate surface area is 200 Å². The molecule has 2 aromatic rings. The summed E-state index contributed by atoms with van der Waals surface area (Å²) in [4.78, 5) is 27.8. The van der Waals surface area contributed by atoms with Crippen LogP contribution in [0.5, 0.6) is 11.5 Å². The Morgan fingerprint density at radius 3 is 1.91 bits per heavy atom. The van der Waals surface area contributed by atoms with E-state index >= 15 is 0 Å². The first-order valence-electron chi connectivity index (χ1n) is 11.3. The van der Waals surface area contributed by atoms with Gasteiger partial charge in [0.05, 0.1) is 38.6 Å². The van der Waals surface area contributed by atoms with Crippen molar-refractivity contribution in [2.24, 2.45) is 5.92 Å². The highest BCUT2D eigenvalue weighted by Gasteiger charge is 2.34. The summed E-state index contributed by atoms with van der Waals surface area (Å²) in [6.45, 7) is 4.41. The van der Waals surface area contributed by atoms with Crippen molar-refractivity contribution >= 4 is 11.9 Å². The fraction of sp³-hybridized carbons (Fsp3) is 0.333. The summed E-state index contributed by atoms with van der Waals surface area (Å²) in [7, 11) is 3.16. The van der Waals surface area contributed by atoms with Crippen LogP contribution in [0, 0.1) is 5.92 Å². The van der Waals surface area contributed by atoms with E-state index < -0.39 is 17.9 Å². The molecule has 0 saturated carbocycles. The first-order chi connectivity index (χ1) is 16.5. The molecule has 0 radical (unpaired) electrons. The molecular weight excluding hydrogens is 434 g/mol. The van der Waals surface area contributed by atoms with E-state index in [-0.39, 0.29) is 13.2 Å². The minimum Gasteiger partial charge on any atom is -0.493 e. The molecule has 180 valence electrons. The predicted molar refractivity (Wildman–Crippen MR) is 128 cm³/mol. The number of esters is 2. The van der Waals surface area contributed by atoms with Crippen molar-refractivity contribution in [2.45, 2.75) is 26.8 Å². The molecule has 1 heterocycles. The SMILES string of the molecule is CCOC(=O)C1=CN(Cc2ccc(OC)c(OC)c2)C=C(C(=O)OCC)C1Cc1ccccc1. The largest absolute Gasteiger partial charge is 0.493 e. The lowest BCUT2D eigenvalue weighted by Crippen LogP contribution is -2.31. The van der Waals surface area contributed by atoms with Gasteiger partial charge >= 0.3 is 11.9 Å². The molecule has 0 aromatic heterocycles. The monoisotopic (exact) mass is 465 g/mol. The van der Waals surface area contributed by atoms with Crippen LogP contribution in [0.4, 0.5) is 0 Å². The number of methoxy groups -OCH3 is 2. The third-order valence-electron chi connectivity index (χ3n) is 5.48. The average molecular weight is 466 g/mol. The van der Waals surface area contributed by atoms with Gasteiger partial charge in [0.15, 0.2) is 11.5 Å². The highest BCUT2D eigenvalue weighted by atomic mass is 16.5. The number of rotatable bonds is 10. The maximum absolute atomic E-state index is 13.0. The molecule has 2 aromatic carbocycles. The van der Waals surface area contributed by atoms with E-state index in [1.807, 2.05) is 48.5 Å². The van der Waals surface area contributed by atoms with E-state index in [1.165, 1.54) is 0 Å². The molecule has 0 N–H and O–H groups in total. The summed E-state index contributed by atoms with van der Waals surface area (Å²) < 4.78 is 21.4. The highest BCUT2D eigenvalue weighted by Crippen LogP contribution is 2.33. The van der Waals surface area contributed by atoms with E-state index in [1.54, 1.807) is 45.4 Å². The van der Waals surface area contributed by atoms with Crippen LogP contribution in [0.25, 0.3) is 0 Å². The Bertz CT molecular complexity index is 1020. The van der Waals surface area contributed by atoms with Crippen molar-refractivity contribution < 1.29 is 28.5 Å². The van der Waals surface area contributed by atoms with Crippen molar-refractivity contribution in [3.63, 3.8) is 0 Å². The Hall–Kier alpha value is -3.74. The third-order valence-corrected chi connectivity index (χ3v) is 5.48. The van der Waals surface area contributed by atoms with E-state index in [9.17, 15) is 9.59 Å². The van der Waals surface area contributed by atoms with Crippen LogP contribution in [-0.2, 0) is 32.0 Å². The Morgan fingerprint density at radius 1 is 0.794 bits per heavy atom. The van der Waals surface area contributed by atoms with Crippen LogP contribution in [-0.4, -0.2) is 44.3 Å². The van der Waals surface area contributed by atoms with Gasteiger partial charge in [0.1, 0.15) is 0 Å². The zero-order chi connectivity index (χ0) is 24.5. The van der Waals surface area contributed by atoms with E-state index in [0.29, 0.717) is 35.6 Å². The van der Waals surface area contributed by atoms with Gasteiger partial charge < -0.3 is 23.8 Å². The van der Waals surface area contributed by atoms with E-state index in [4.69, 9.17) is 18.9 Å². The fourth-order valence-electron chi connectivity index (χ4n) is 3.91. The van der Waals surface area contributed by atoms with Crippen molar-refractivity contribution in [1.29, 1.82) is 0 Å². The first kappa shape index (κ1) is 24.9. The number of carbonyl (C=O) groups is 2. The highest BCUT2D eigenvalue weighted by molar-refractivity contribution is 5.96. The Kier molecular flexibility index (Phi) is 8.73. The van der Waals surface area contributed by atoms with Crippen LogP contribution in [0.3, 0.4) is 0 Å². The molecule has 7 nitrogen and oxygen atoms in total. The van der Waals surface area contributed by atoms with Gasteiger partial charge in [-0.05, 0) is 43.5 Å². The molecule has 0 bridgehead atoms. The number of ether oxygens (including phenoxy) is 4. The van der Waals surface area contributed by atoms with Crippen LogP contribution >= 0.6 is 0 Å². The maximum atomic E-state index is 13.0. The Morgan fingerprint density at radius 2 is 1.38 bits per heavy atom. The maximum Gasteiger partial charge on any atom is 0.336 e. The van der Waals surface area contributed by atoms with Gasteiger partial charge in [-0.15, -0.1) is 0 Å². The number of benzene rings is 2. The zero-order valence-corrected chi connectivity index (χ0v) is 20.1. The van der Waals surface area contributed by atoms with Gasteiger partial charge in [0, 0.05) is 24.9 Å². The molecule has 1 aliphatic heterocycles. The van der Waals surface area contributed by atoms with Crippen LogP contribution in [0.2, 0.25) is 0 Å². The molecule has 7 heteroatoms. The second kappa shape index (κ2) is 11.9. The van der Waals surface area contributed by atoms with Crippen molar-refractivity contribution in [1.82, 2.24) is 4.90 Å². The lowest BCUT2D eigenvalue weighted by molar-refractivity contribution is -0.140. The molecule has 0 unspecified atom stereocenters. The van der Waals surface area contributed by atoms with Crippen molar-refractivity contribution in [3.05, 3.63) is 83.2 Å². The normalized spacial score (nSPS) is 13.6. The third kappa shape index (κ3) is 5.98.